The minimum Gasteiger partial charge on any atom is -0.477 e. The first-order valence-corrected chi connectivity index (χ1v) is 9.05. The average molecular weight is 354 g/mol. The zero-order valence-electron chi connectivity index (χ0n) is 15.1. The van der Waals surface area contributed by atoms with Gasteiger partial charge >= 0.3 is 5.97 Å². The summed E-state index contributed by atoms with van der Waals surface area (Å²) in [6, 6.07) is 16.1. The number of nitrogens with one attached hydrogen (secondary N) is 1. The molecule has 1 aromatic heterocycles. The van der Waals surface area contributed by atoms with Gasteiger partial charge in [0, 0.05) is 38.8 Å². The summed E-state index contributed by atoms with van der Waals surface area (Å²) < 4.78 is 0. The van der Waals surface area contributed by atoms with E-state index in [1.807, 2.05) is 0 Å². The molecule has 0 spiro atoms. The van der Waals surface area contributed by atoms with Gasteiger partial charge in [-0.15, -0.1) is 0 Å². The van der Waals surface area contributed by atoms with Crippen LogP contribution >= 0.6 is 0 Å². The number of hydrogen-bond donors (Lipinski definition) is 2. The summed E-state index contributed by atoms with van der Waals surface area (Å²) >= 11 is 0. The Kier molecular flexibility index (Phi) is 6.20. The van der Waals surface area contributed by atoms with Crippen molar-refractivity contribution in [3.8, 4) is 0 Å². The van der Waals surface area contributed by atoms with Crippen LogP contribution in [0.4, 0.5) is 5.82 Å². The molecule has 1 saturated heterocycles. The van der Waals surface area contributed by atoms with Crippen molar-refractivity contribution in [2.45, 2.75) is 12.5 Å². The summed E-state index contributed by atoms with van der Waals surface area (Å²) in [5.41, 5.74) is 1.43. The summed E-state index contributed by atoms with van der Waals surface area (Å²) in [6.45, 7) is 4.95. The number of benzene rings is 1. The number of nitrogens with zero attached hydrogens (tertiary/aromatic N) is 3. The van der Waals surface area contributed by atoms with E-state index in [1.165, 1.54) is 11.6 Å². The lowest BCUT2D eigenvalue weighted by Crippen LogP contribution is -2.47. The molecule has 3 rings (SSSR count). The highest BCUT2D eigenvalue weighted by Gasteiger charge is 2.25. The van der Waals surface area contributed by atoms with Crippen LogP contribution in [0.15, 0.2) is 48.5 Å². The highest BCUT2D eigenvalue weighted by molar-refractivity contribution is 5.85. The molecule has 0 aliphatic carbocycles. The van der Waals surface area contributed by atoms with Crippen LogP contribution in [-0.2, 0) is 0 Å². The van der Waals surface area contributed by atoms with Gasteiger partial charge in [0.05, 0.1) is 0 Å². The molecule has 1 unspecified atom stereocenters. The van der Waals surface area contributed by atoms with Gasteiger partial charge in [0.25, 0.3) is 0 Å². The number of carboxylic acid groups (broad SMARTS) is 1. The van der Waals surface area contributed by atoms with Crippen molar-refractivity contribution >= 4 is 11.8 Å². The number of likely N-dealkylation sites (N-methyl/N-ethyl adjacent to an activating group) is 1. The molecule has 0 amide bonds. The Morgan fingerprint density at radius 2 is 2.00 bits per heavy atom. The Bertz CT molecular complexity index is 723. The van der Waals surface area contributed by atoms with E-state index < -0.39 is 5.97 Å². The molecule has 1 aliphatic heterocycles. The molecule has 2 heterocycles. The van der Waals surface area contributed by atoms with Gasteiger partial charge in [-0.3, -0.25) is 4.90 Å². The van der Waals surface area contributed by atoms with E-state index in [-0.39, 0.29) is 5.69 Å². The number of pyridine rings is 1. The number of aromatic nitrogens is 1. The van der Waals surface area contributed by atoms with Gasteiger partial charge < -0.3 is 15.3 Å². The molecule has 26 heavy (non-hydrogen) atoms. The first kappa shape index (κ1) is 18.4. The van der Waals surface area contributed by atoms with Crippen molar-refractivity contribution in [3.63, 3.8) is 0 Å². The number of hydrogen-bond acceptors (Lipinski definition) is 5. The molecule has 6 heteroatoms. The summed E-state index contributed by atoms with van der Waals surface area (Å²) in [5.74, 6) is -0.389. The van der Waals surface area contributed by atoms with Crippen LogP contribution in [0.2, 0.25) is 0 Å². The van der Waals surface area contributed by atoms with Crippen molar-refractivity contribution in [1.29, 1.82) is 0 Å². The summed E-state index contributed by atoms with van der Waals surface area (Å²) in [6.07, 6.45) is 0.978. The first-order valence-electron chi connectivity index (χ1n) is 9.05. The van der Waals surface area contributed by atoms with Gasteiger partial charge in [0.15, 0.2) is 5.69 Å². The maximum Gasteiger partial charge on any atom is 0.354 e. The lowest BCUT2D eigenvalue weighted by Gasteiger charge is -2.40. The van der Waals surface area contributed by atoms with Gasteiger partial charge in [-0.1, -0.05) is 36.4 Å². The Morgan fingerprint density at radius 3 is 2.77 bits per heavy atom. The molecule has 1 aromatic carbocycles. The van der Waals surface area contributed by atoms with E-state index in [0.717, 1.165) is 39.1 Å². The van der Waals surface area contributed by atoms with Crippen molar-refractivity contribution in [1.82, 2.24) is 14.8 Å². The van der Waals surface area contributed by atoms with Crippen LogP contribution in [0, 0.1) is 0 Å². The zero-order chi connectivity index (χ0) is 18.4. The largest absolute Gasteiger partial charge is 0.477 e. The van der Waals surface area contributed by atoms with Crippen molar-refractivity contribution < 1.29 is 9.90 Å². The Morgan fingerprint density at radius 1 is 1.19 bits per heavy atom. The van der Waals surface area contributed by atoms with E-state index >= 15 is 0 Å². The Labute approximate surface area is 154 Å². The molecule has 1 atom stereocenters. The van der Waals surface area contributed by atoms with Crippen LogP contribution < -0.4 is 5.32 Å². The maximum atomic E-state index is 11.0. The highest BCUT2D eigenvalue weighted by atomic mass is 16.4. The molecule has 0 radical (unpaired) electrons. The van der Waals surface area contributed by atoms with Gasteiger partial charge in [-0.25, -0.2) is 9.78 Å². The number of carbonyl (C=O) groups is 1. The van der Waals surface area contributed by atoms with Gasteiger partial charge in [-0.2, -0.15) is 0 Å². The van der Waals surface area contributed by atoms with Gasteiger partial charge in [0.1, 0.15) is 5.82 Å². The third-order valence-electron chi connectivity index (χ3n) is 4.78. The third-order valence-corrected chi connectivity index (χ3v) is 4.78. The topological polar surface area (TPSA) is 68.7 Å². The standard InChI is InChI=1S/C20H26N4O2/c1-23-13-14-24(18(15-23)16-7-3-2-4-8-16)12-6-11-21-19-10-5-9-17(22-19)20(25)26/h2-5,7-10,18H,6,11-15H2,1H3,(H,21,22)(H,25,26). The minimum atomic E-state index is -1.00. The predicted octanol–water partition coefficient (Wildman–Crippen LogP) is 2.57. The first-order chi connectivity index (χ1) is 12.6. The number of carboxylic acids is 1. The van der Waals surface area contributed by atoms with E-state index in [2.05, 4.69) is 57.5 Å². The molecule has 138 valence electrons. The zero-order valence-corrected chi connectivity index (χ0v) is 15.1. The number of anilines is 1. The second kappa shape index (κ2) is 8.78. The fraction of sp³-hybridized carbons (Fsp3) is 0.400. The minimum absolute atomic E-state index is 0.0678. The van der Waals surface area contributed by atoms with Crippen LogP contribution in [0.25, 0.3) is 0 Å². The van der Waals surface area contributed by atoms with E-state index in [1.54, 1.807) is 12.1 Å². The van der Waals surface area contributed by atoms with Crippen molar-refractivity contribution in [2.75, 3.05) is 45.1 Å². The lowest BCUT2D eigenvalue weighted by molar-refractivity contribution is 0.0690. The predicted molar refractivity (Wildman–Crippen MR) is 103 cm³/mol. The smallest absolute Gasteiger partial charge is 0.354 e. The molecular weight excluding hydrogens is 328 g/mol. The SMILES string of the molecule is CN1CCN(CCCNc2cccc(C(=O)O)n2)C(c2ccccc2)C1. The molecule has 1 fully saturated rings. The Balaban J connectivity index is 1.53. The van der Waals surface area contributed by atoms with E-state index in [9.17, 15) is 4.79 Å². The second-order valence-corrected chi connectivity index (χ2v) is 6.72. The average Bonchev–Trinajstić information content (AvgIpc) is 2.67. The Hall–Kier alpha value is -2.44. The summed E-state index contributed by atoms with van der Waals surface area (Å²) in [4.78, 5) is 20.0. The van der Waals surface area contributed by atoms with E-state index in [4.69, 9.17) is 5.11 Å². The lowest BCUT2D eigenvalue weighted by atomic mass is 10.0. The van der Waals surface area contributed by atoms with Crippen LogP contribution in [-0.4, -0.2) is 65.6 Å². The molecule has 0 bridgehead atoms. The summed E-state index contributed by atoms with van der Waals surface area (Å²) in [5, 5.41) is 12.2. The van der Waals surface area contributed by atoms with Crippen LogP contribution in [0.1, 0.15) is 28.5 Å². The van der Waals surface area contributed by atoms with Crippen molar-refractivity contribution in [3.05, 3.63) is 59.8 Å². The van der Waals surface area contributed by atoms with Crippen LogP contribution in [0.5, 0.6) is 0 Å². The van der Waals surface area contributed by atoms with Crippen molar-refractivity contribution in [2.24, 2.45) is 0 Å². The molecule has 2 N–H and O–H groups in total. The van der Waals surface area contributed by atoms with E-state index in [0.29, 0.717) is 11.9 Å². The number of piperazine rings is 1. The number of rotatable bonds is 7. The normalized spacial score (nSPS) is 18.6. The molecular formula is C20H26N4O2. The third kappa shape index (κ3) is 4.80. The number of aromatic carboxylic acids is 1. The van der Waals surface area contributed by atoms with Gasteiger partial charge in [-0.05, 0) is 31.2 Å². The fourth-order valence-corrected chi connectivity index (χ4v) is 3.37. The molecule has 1 aliphatic rings. The molecule has 0 saturated carbocycles. The molecule has 2 aromatic rings. The molecule has 6 nitrogen and oxygen atoms in total. The quantitative estimate of drug-likeness (QED) is 0.745. The summed E-state index contributed by atoms with van der Waals surface area (Å²) in [7, 11) is 2.18. The van der Waals surface area contributed by atoms with Gasteiger partial charge in [0.2, 0.25) is 0 Å². The van der Waals surface area contributed by atoms with Crippen LogP contribution in [0.3, 0.4) is 0 Å². The monoisotopic (exact) mass is 354 g/mol. The fourth-order valence-electron chi connectivity index (χ4n) is 3.37. The highest BCUT2D eigenvalue weighted by Crippen LogP contribution is 2.24. The second-order valence-electron chi connectivity index (χ2n) is 6.72. The maximum absolute atomic E-state index is 11.0.